The Labute approximate surface area is 124 Å². The predicted molar refractivity (Wildman–Crippen MR) is 79.3 cm³/mol. The maximum atomic E-state index is 12.0. The van der Waals surface area contributed by atoms with Gasteiger partial charge in [-0.25, -0.2) is 0 Å². The molecular weight excluding hydrogens is 292 g/mol. The Morgan fingerprint density at radius 2 is 1.86 bits per heavy atom. The van der Waals surface area contributed by atoms with E-state index in [-0.39, 0.29) is 4.90 Å². The second-order valence-electron chi connectivity index (χ2n) is 5.25. The summed E-state index contributed by atoms with van der Waals surface area (Å²) in [5.41, 5.74) is 5.02. The molecule has 1 fully saturated rings. The number of hydrogen-bond acceptors (Lipinski definition) is 5. The van der Waals surface area contributed by atoms with E-state index < -0.39 is 21.6 Å². The lowest BCUT2D eigenvalue weighted by molar-refractivity contribution is -0.123. The molecule has 0 saturated heterocycles. The normalized spacial score (nSPS) is 18.1. The van der Waals surface area contributed by atoms with Crippen LogP contribution in [0, 0.1) is 0 Å². The highest BCUT2D eigenvalue weighted by atomic mass is 32.2. The summed E-state index contributed by atoms with van der Waals surface area (Å²) in [7, 11) is -2.74. The van der Waals surface area contributed by atoms with E-state index in [4.69, 9.17) is 5.73 Å². The monoisotopic (exact) mass is 312 g/mol. The molecule has 6 nitrogen and oxygen atoms in total. The van der Waals surface area contributed by atoms with Crippen molar-refractivity contribution in [3.05, 3.63) is 24.3 Å². The van der Waals surface area contributed by atoms with E-state index in [1.54, 1.807) is 18.2 Å². The molecule has 0 bridgehead atoms. The summed E-state index contributed by atoms with van der Waals surface area (Å²) in [5.74, 6) is -0.452. The van der Waals surface area contributed by atoms with Gasteiger partial charge < -0.3 is 11.1 Å². The molecule has 1 aliphatic rings. The average Bonchev–Trinajstić information content (AvgIpc) is 2.48. The lowest BCUT2D eigenvalue weighted by atomic mass is 9.81. The maximum Gasteiger partial charge on any atom is 0.298 e. The van der Waals surface area contributed by atoms with Crippen molar-refractivity contribution in [1.29, 1.82) is 0 Å². The Kier molecular flexibility index (Phi) is 4.53. The lowest BCUT2D eigenvalue weighted by Gasteiger charge is -2.36. The van der Waals surface area contributed by atoms with Crippen LogP contribution in [0.15, 0.2) is 29.2 Å². The standard InChI is InChI=1S/C14H20N2O4S/c1-20-21(18,19)12-8-4-3-7-11(12)16-14(13(15)17)9-5-2-6-10-14/h3-4,7-8,16H,2,5-6,9-10H2,1H3,(H2,15,17). The zero-order valence-corrected chi connectivity index (χ0v) is 12.8. The number of carbonyl (C=O) groups is 1. The first kappa shape index (κ1) is 15.8. The van der Waals surface area contributed by atoms with E-state index in [9.17, 15) is 13.2 Å². The number of primary amides is 1. The topological polar surface area (TPSA) is 98.5 Å². The highest BCUT2D eigenvalue weighted by Crippen LogP contribution is 2.34. The van der Waals surface area contributed by atoms with Crippen molar-refractivity contribution < 1.29 is 17.4 Å². The van der Waals surface area contributed by atoms with Crippen LogP contribution in [0.5, 0.6) is 0 Å². The minimum Gasteiger partial charge on any atom is -0.370 e. The Morgan fingerprint density at radius 3 is 2.43 bits per heavy atom. The first-order valence-corrected chi connectivity index (χ1v) is 8.30. The molecule has 1 aromatic rings. The minimum atomic E-state index is -3.85. The third-order valence-corrected chi connectivity index (χ3v) is 5.26. The largest absolute Gasteiger partial charge is 0.370 e. The quantitative estimate of drug-likeness (QED) is 0.805. The van der Waals surface area contributed by atoms with Gasteiger partial charge in [-0.2, -0.15) is 8.42 Å². The summed E-state index contributed by atoms with van der Waals surface area (Å²) in [6.07, 6.45) is 4.02. The van der Waals surface area contributed by atoms with Gasteiger partial charge in [0.15, 0.2) is 0 Å². The molecule has 7 heteroatoms. The van der Waals surface area contributed by atoms with Gasteiger partial charge in [0.05, 0.1) is 12.8 Å². The molecule has 1 amide bonds. The molecule has 0 radical (unpaired) electrons. The van der Waals surface area contributed by atoms with Gasteiger partial charge in [-0.1, -0.05) is 31.4 Å². The summed E-state index contributed by atoms with van der Waals surface area (Å²) < 4.78 is 28.5. The van der Waals surface area contributed by atoms with Crippen molar-refractivity contribution in [2.45, 2.75) is 42.5 Å². The smallest absolute Gasteiger partial charge is 0.298 e. The van der Waals surface area contributed by atoms with Crippen LogP contribution in [0.25, 0.3) is 0 Å². The van der Waals surface area contributed by atoms with E-state index in [1.807, 2.05) is 0 Å². The van der Waals surface area contributed by atoms with Gasteiger partial charge in [0.2, 0.25) is 5.91 Å². The van der Waals surface area contributed by atoms with Crippen LogP contribution in [0.2, 0.25) is 0 Å². The van der Waals surface area contributed by atoms with E-state index in [2.05, 4.69) is 9.50 Å². The zero-order chi connectivity index (χ0) is 15.5. The molecule has 1 saturated carbocycles. The van der Waals surface area contributed by atoms with Gasteiger partial charge in [0, 0.05) is 0 Å². The molecular formula is C14H20N2O4S. The Bertz CT molecular complexity index is 622. The molecule has 116 valence electrons. The third kappa shape index (κ3) is 3.19. The predicted octanol–water partition coefficient (Wildman–Crippen LogP) is 1.62. The minimum absolute atomic E-state index is 0.0127. The van der Waals surface area contributed by atoms with Crippen molar-refractivity contribution in [3.8, 4) is 0 Å². The highest BCUT2D eigenvalue weighted by Gasteiger charge is 2.38. The number of nitrogens with one attached hydrogen (secondary N) is 1. The van der Waals surface area contributed by atoms with Gasteiger partial charge in [-0.15, -0.1) is 0 Å². The highest BCUT2D eigenvalue weighted by molar-refractivity contribution is 7.87. The van der Waals surface area contributed by atoms with Crippen molar-refractivity contribution in [3.63, 3.8) is 0 Å². The number of hydrogen-bond donors (Lipinski definition) is 2. The molecule has 0 unspecified atom stereocenters. The molecule has 2 rings (SSSR count). The summed E-state index contributed by atoms with van der Waals surface area (Å²) in [6.45, 7) is 0. The third-order valence-electron chi connectivity index (χ3n) is 3.93. The van der Waals surface area contributed by atoms with Crippen LogP contribution >= 0.6 is 0 Å². The summed E-state index contributed by atoms with van der Waals surface area (Å²) in [4.78, 5) is 11.9. The fourth-order valence-electron chi connectivity index (χ4n) is 2.72. The maximum absolute atomic E-state index is 12.0. The summed E-state index contributed by atoms with van der Waals surface area (Å²) >= 11 is 0. The number of amides is 1. The fraction of sp³-hybridized carbons (Fsp3) is 0.500. The average molecular weight is 312 g/mol. The number of carbonyl (C=O) groups excluding carboxylic acids is 1. The molecule has 0 spiro atoms. The van der Waals surface area contributed by atoms with E-state index in [0.29, 0.717) is 18.5 Å². The van der Waals surface area contributed by atoms with E-state index in [0.717, 1.165) is 26.4 Å². The molecule has 1 aliphatic carbocycles. The number of nitrogens with two attached hydrogens (primary N) is 1. The Hall–Kier alpha value is -1.60. The number of benzene rings is 1. The first-order chi connectivity index (χ1) is 9.91. The van der Waals surface area contributed by atoms with Gasteiger partial charge >= 0.3 is 0 Å². The van der Waals surface area contributed by atoms with E-state index in [1.165, 1.54) is 6.07 Å². The molecule has 21 heavy (non-hydrogen) atoms. The van der Waals surface area contributed by atoms with Crippen molar-refractivity contribution in [1.82, 2.24) is 0 Å². The second kappa shape index (κ2) is 6.03. The van der Waals surface area contributed by atoms with Crippen LogP contribution in [-0.2, 0) is 19.1 Å². The van der Waals surface area contributed by atoms with Crippen molar-refractivity contribution in [2.75, 3.05) is 12.4 Å². The lowest BCUT2D eigenvalue weighted by Crippen LogP contribution is -2.51. The van der Waals surface area contributed by atoms with Crippen LogP contribution in [-0.4, -0.2) is 27.0 Å². The van der Waals surface area contributed by atoms with Gasteiger partial charge in [0.25, 0.3) is 10.1 Å². The number of para-hydroxylation sites is 1. The van der Waals surface area contributed by atoms with Gasteiger partial charge in [-0.3, -0.25) is 8.98 Å². The molecule has 3 N–H and O–H groups in total. The van der Waals surface area contributed by atoms with E-state index >= 15 is 0 Å². The Balaban J connectivity index is 2.41. The zero-order valence-electron chi connectivity index (χ0n) is 12.0. The molecule has 0 heterocycles. The number of anilines is 1. The molecule has 1 aromatic carbocycles. The van der Waals surface area contributed by atoms with Gasteiger partial charge in [-0.05, 0) is 25.0 Å². The van der Waals surface area contributed by atoms with Crippen LogP contribution < -0.4 is 11.1 Å². The first-order valence-electron chi connectivity index (χ1n) is 6.89. The van der Waals surface area contributed by atoms with Crippen molar-refractivity contribution in [2.24, 2.45) is 5.73 Å². The summed E-state index contributed by atoms with van der Waals surface area (Å²) in [6, 6.07) is 6.37. The molecule has 0 aromatic heterocycles. The Morgan fingerprint density at radius 1 is 1.24 bits per heavy atom. The number of rotatable bonds is 5. The summed E-state index contributed by atoms with van der Waals surface area (Å²) in [5, 5.41) is 3.07. The van der Waals surface area contributed by atoms with Gasteiger partial charge in [0.1, 0.15) is 10.4 Å². The van der Waals surface area contributed by atoms with Crippen LogP contribution in [0.1, 0.15) is 32.1 Å². The molecule has 0 aliphatic heterocycles. The molecule has 0 atom stereocenters. The fourth-order valence-corrected chi connectivity index (χ4v) is 3.54. The van der Waals surface area contributed by atoms with Crippen molar-refractivity contribution >= 4 is 21.7 Å². The van der Waals surface area contributed by atoms with Crippen LogP contribution in [0.4, 0.5) is 5.69 Å². The van der Waals surface area contributed by atoms with Crippen LogP contribution in [0.3, 0.4) is 0 Å². The second-order valence-corrected chi connectivity index (χ2v) is 6.93. The SMILES string of the molecule is COS(=O)(=O)c1ccccc1NC1(C(N)=O)CCCCC1.